The molecule has 0 amide bonds. The van der Waals surface area contributed by atoms with Crippen LogP contribution >= 0.6 is 0 Å². The zero-order chi connectivity index (χ0) is 18.2. The van der Waals surface area contributed by atoms with E-state index in [-0.39, 0.29) is 16.9 Å². The molecule has 0 unspecified atom stereocenters. The molecule has 1 aromatic rings. The Morgan fingerprint density at radius 1 is 1.00 bits per heavy atom. The van der Waals surface area contributed by atoms with E-state index in [1.165, 1.54) is 25.0 Å². The highest BCUT2D eigenvalue weighted by atomic mass is 19.4. The van der Waals surface area contributed by atoms with Crippen molar-refractivity contribution < 1.29 is 17.9 Å². The summed E-state index contributed by atoms with van der Waals surface area (Å²) in [7, 11) is 0. The van der Waals surface area contributed by atoms with Gasteiger partial charge in [-0.2, -0.15) is 13.2 Å². The van der Waals surface area contributed by atoms with Gasteiger partial charge in [-0.25, -0.2) is 0 Å². The third-order valence-corrected chi connectivity index (χ3v) is 5.46. The molecular weight excluding hydrogens is 313 g/mol. The second-order valence-corrected chi connectivity index (χ2v) is 8.49. The van der Waals surface area contributed by atoms with Crippen molar-refractivity contribution in [3.05, 3.63) is 29.8 Å². The summed E-state index contributed by atoms with van der Waals surface area (Å²) < 4.78 is 44.0. The number of hydrogen-bond donors (Lipinski definition) is 0. The molecule has 0 N–H and O–H groups in total. The summed E-state index contributed by atoms with van der Waals surface area (Å²) in [5.41, 5.74) is -0.315. The zero-order valence-corrected chi connectivity index (χ0v) is 15.3. The van der Waals surface area contributed by atoms with Gasteiger partial charge in [0, 0.05) is 0 Å². The molecule has 0 aromatic heterocycles. The minimum absolute atomic E-state index is 0.0415. The summed E-state index contributed by atoms with van der Waals surface area (Å²) in [5.74, 6) is 1.15. The quantitative estimate of drug-likeness (QED) is 0.590. The highest BCUT2D eigenvalue weighted by Gasteiger charge is 2.47. The maximum atomic E-state index is 12.7. The van der Waals surface area contributed by atoms with Crippen LogP contribution in [-0.2, 0) is 6.18 Å². The molecule has 1 aliphatic carbocycles. The molecule has 1 aliphatic rings. The lowest BCUT2D eigenvalue weighted by Gasteiger charge is -2.52. The second kappa shape index (κ2) is 6.61. The number of alkyl halides is 3. The van der Waals surface area contributed by atoms with Crippen LogP contribution in [0.2, 0.25) is 0 Å². The summed E-state index contributed by atoms with van der Waals surface area (Å²) in [6.45, 7) is 11.4. The molecule has 0 radical (unpaired) electrons. The molecule has 0 spiro atoms. The molecule has 0 saturated heterocycles. The van der Waals surface area contributed by atoms with Crippen molar-refractivity contribution in [2.24, 2.45) is 16.7 Å². The molecule has 1 nitrogen and oxygen atoms in total. The van der Waals surface area contributed by atoms with Gasteiger partial charge < -0.3 is 4.74 Å². The monoisotopic (exact) mass is 342 g/mol. The maximum absolute atomic E-state index is 12.7. The van der Waals surface area contributed by atoms with E-state index in [0.717, 1.165) is 25.0 Å². The molecule has 1 aromatic carbocycles. The molecule has 24 heavy (non-hydrogen) atoms. The molecule has 0 bridgehead atoms. The molecule has 0 atom stereocenters. The van der Waals surface area contributed by atoms with Crippen LogP contribution in [0, 0.1) is 16.7 Å². The van der Waals surface area contributed by atoms with E-state index in [2.05, 4.69) is 34.6 Å². The van der Waals surface area contributed by atoms with E-state index >= 15 is 0 Å². The molecule has 1 saturated carbocycles. The lowest BCUT2D eigenvalue weighted by molar-refractivity contribution is -0.137. The fourth-order valence-corrected chi connectivity index (χ4v) is 4.66. The Bertz CT molecular complexity index is 525. The summed E-state index contributed by atoms with van der Waals surface area (Å²) >= 11 is 0. The largest absolute Gasteiger partial charge is 0.490 e. The first-order valence-electron chi connectivity index (χ1n) is 8.79. The first kappa shape index (κ1) is 19.1. The van der Waals surface area contributed by atoms with Gasteiger partial charge in [-0.15, -0.1) is 0 Å². The summed E-state index contributed by atoms with van der Waals surface area (Å²) in [6.07, 6.45) is -0.0280. The average Bonchev–Trinajstić information content (AvgIpc) is 2.41. The SMILES string of the molecule is CCCC1C(C)(C)CC(Oc2ccc(C(F)(F)F)cc2)CC1(C)C. The Labute approximate surface area is 143 Å². The van der Waals surface area contributed by atoms with E-state index in [4.69, 9.17) is 4.74 Å². The normalized spacial score (nSPS) is 26.2. The van der Waals surface area contributed by atoms with Crippen molar-refractivity contribution in [1.82, 2.24) is 0 Å². The number of halogens is 3. The highest BCUT2D eigenvalue weighted by molar-refractivity contribution is 5.29. The number of benzene rings is 1. The summed E-state index contributed by atoms with van der Waals surface area (Å²) in [4.78, 5) is 0. The Hall–Kier alpha value is -1.19. The third kappa shape index (κ3) is 4.25. The van der Waals surface area contributed by atoms with Crippen LogP contribution in [0.4, 0.5) is 13.2 Å². The number of hydrogen-bond acceptors (Lipinski definition) is 1. The average molecular weight is 342 g/mol. The van der Waals surface area contributed by atoms with Gasteiger partial charge in [0.2, 0.25) is 0 Å². The molecule has 4 heteroatoms. The van der Waals surface area contributed by atoms with E-state index in [9.17, 15) is 13.2 Å². The number of ether oxygens (including phenoxy) is 1. The topological polar surface area (TPSA) is 9.23 Å². The van der Waals surface area contributed by atoms with E-state index in [1.54, 1.807) is 0 Å². The number of rotatable bonds is 4. The minimum Gasteiger partial charge on any atom is -0.490 e. The van der Waals surface area contributed by atoms with Crippen LogP contribution < -0.4 is 4.74 Å². The van der Waals surface area contributed by atoms with Crippen LogP contribution in [0.5, 0.6) is 5.75 Å². The van der Waals surface area contributed by atoms with Gasteiger partial charge in [0.15, 0.2) is 0 Å². The predicted octanol–water partition coefficient (Wildman–Crippen LogP) is 6.72. The van der Waals surface area contributed by atoms with Crippen LogP contribution in [0.3, 0.4) is 0 Å². The van der Waals surface area contributed by atoms with Crippen molar-refractivity contribution in [1.29, 1.82) is 0 Å². The van der Waals surface area contributed by atoms with Crippen LogP contribution in [-0.4, -0.2) is 6.10 Å². The smallest absolute Gasteiger partial charge is 0.416 e. The van der Waals surface area contributed by atoms with E-state index < -0.39 is 11.7 Å². The first-order chi connectivity index (χ1) is 11.0. The van der Waals surface area contributed by atoms with Crippen molar-refractivity contribution in [3.8, 4) is 5.75 Å². The fraction of sp³-hybridized carbons (Fsp3) is 0.700. The zero-order valence-electron chi connectivity index (χ0n) is 15.3. The van der Waals surface area contributed by atoms with Crippen molar-refractivity contribution in [2.45, 2.75) is 72.6 Å². The fourth-order valence-electron chi connectivity index (χ4n) is 4.66. The van der Waals surface area contributed by atoms with Gasteiger partial charge in [0.25, 0.3) is 0 Å². The second-order valence-electron chi connectivity index (χ2n) is 8.49. The van der Waals surface area contributed by atoms with Gasteiger partial charge in [0.1, 0.15) is 5.75 Å². The highest BCUT2D eigenvalue weighted by Crippen LogP contribution is 2.53. The standard InChI is InChI=1S/C20H29F3O/c1-6-7-17-18(2,3)12-16(13-19(17,4)5)24-15-10-8-14(9-11-15)20(21,22)23/h8-11,16-17H,6-7,12-13H2,1-5H3. The molecular formula is C20H29F3O. The molecule has 2 rings (SSSR count). The molecule has 136 valence electrons. The molecule has 0 heterocycles. The van der Waals surface area contributed by atoms with E-state index in [1.807, 2.05) is 0 Å². The van der Waals surface area contributed by atoms with Crippen LogP contribution in [0.1, 0.15) is 65.9 Å². The third-order valence-electron chi connectivity index (χ3n) is 5.46. The Morgan fingerprint density at radius 3 is 1.92 bits per heavy atom. The summed E-state index contributed by atoms with van der Waals surface area (Å²) in [6, 6.07) is 5.05. The van der Waals surface area contributed by atoms with Gasteiger partial charge in [-0.05, 0) is 60.3 Å². The van der Waals surface area contributed by atoms with Crippen LogP contribution in [0.15, 0.2) is 24.3 Å². The maximum Gasteiger partial charge on any atom is 0.416 e. The predicted molar refractivity (Wildman–Crippen MR) is 91.1 cm³/mol. The molecule has 0 aliphatic heterocycles. The first-order valence-corrected chi connectivity index (χ1v) is 8.79. The molecule has 1 fully saturated rings. The van der Waals surface area contributed by atoms with Gasteiger partial charge in [-0.3, -0.25) is 0 Å². The van der Waals surface area contributed by atoms with E-state index in [0.29, 0.717) is 11.7 Å². The Morgan fingerprint density at radius 2 is 1.50 bits per heavy atom. The van der Waals surface area contributed by atoms with Crippen molar-refractivity contribution in [3.63, 3.8) is 0 Å². The van der Waals surface area contributed by atoms with Gasteiger partial charge in [0.05, 0.1) is 11.7 Å². The van der Waals surface area contributed by atoms with Crippen molar-refractivity contribution >= 4 is 0 Å². The summed E-state index contributed by atoms with van der Waals surface area (Å²) in [5, 5.41) is 0. The van der Waals surface area contributed by atoms with Crippen molar-refractivity contribution in [2.75, 3.05) is 0 Å². The Balaban J connectivity index is 2.11. The van der Waals surface area contributed by atoms with Gasteiger partial charge in [-0.1, -0.05) is 41.0 Å². The minimum atomic E-state index is -4.30. The van der Waals surface area contributed by atoms with Gasteiger partial charge >= 0.3 is 6.18 Å². The Kier molecular flexibility index (Phi) is 5.27. The lowest BCUT2D eigenvalue weighted by atomic mass is 9.55. The lowest BCUT2D eigenvalue weighted by Crippen LogP contribution is -2.47. The van der Waals surface area contributed by atoms with Crippen LogP contribution in [0.25, 0.3) is 0 Å².